The number of benzene rings is 1. The van der Waals surface area contributed by atoms with Gasteiger partial charge in [-0.25, -0.2) is 0 Å². The zero-order valence-electron chi connectivity index (χ0n) is 22.1. The molecule has 1 aliphatic carbocycles. The Hall–Kier alpha value is -2.20. The third-order valence-corrected chi connectivity index (χ3v) is 9.70. The van der Waals surface area contributed by atoms with Crippen LogP contribution in [0.2, 0.25) is 0 Å². The molecule has 38 heavy (non-hydrogen) atoms. The van der Waals surface area contributed by atoms with Gasteiger partial charge >= 0.3 is 229 Å². The number of hydrogen-bond acceptors (Lipinski definition) is 11. The van der Waals surface area contributed by atoms with Gasteiger partial charge in [0.15, 0.2) is 0 Å². The fourth-order valence-corrected chi connectivity index (χ4v) is 7.71. The minimum absolute atomic E-state index is 0.0233. The Morgan fingerprint density at radius 3 is 2.39 bits per heavy atom. The summed E-state index contributed by atoms with van der Waals surface area (Å²) in [5, 5.41) is 3.09. The van der Waals surface area contributed by atoms with Crippen LogP contribution in [0.25, 0.3) is 0 Å². The van der Waals surface area contributed by atoms with Gasteiger partial charge in [-0.1, -0.05) is 0 Å². The van der Waals surface area contributed by atoms with Crippen LogP contribution in [0.3, 0.4) is 0 Å². The standard InChI is InChI=1S/C26H39N2O8PS/c1-3-11-19(12-4-2)24(30)35-37(34-23(29)17-10-18-38-20-13-6-5-7-14-20)28-22-16-9-8-15-21(22)27-33-25(31)26(32)36-37/h5-7,13-14,19,21-22,27-28,37H,3-4,8-12,15-18H2,1-2H3. The molecule has 0 bridgehead atoms. The van der Waals surface area contributed by atoms with E-state index in [1.54, 1.807) is 11.8 Å². The van der Waals surface area contributed by atoms with Gasteiger partial charge in [-0.15, -0.1) is 0 Å². The summed E-state index contributed by atoms with van der Waals surface area (Å²) < 4.78 is 17.0. The maximum atomic E-state index is 13.3. The maximum absolute atomic E-state index is 13.3. The van der Waals surface area contributed by atoms with E-state index in [-0.39, 0.29) is 12.5 Å². The normalized spacial score (nSPS) is 22.1. The van der Waals surface area contributed by atoms with Crippen LogP contribution in [0.15, 0.2) is 35.2 Å². The first-order valence-electron chi connectivity index (χ1n) is 13.5. The first-order chi connectivity index (χ1) is 18.4. The molecule has 2 fully saturated rings. The van der Waals surface area contributed by atoms with E-state index in [9.17, 15) is 19.2 Å². The van der Waals surface area contributed by atoms with Crippen molar-refractivity contribution in [1.82, 2.24) is 10.6 Å². The van der Waals surface area contributed by atoms with Gasteiger partial charge < -0.3 is 0 Å². The number of hydrogen-bond donors (Lipinski definition) is 2. The van der Waals surface area contributed by atoms with Gasteiger partial charge in [0.2, 0.25) is 0 Å². The molecule has 0 aromatic heterocycles. The van der Waals surface area contributed by atoms with Crippen LogP contribution in [-0.4, -0.2) is 41.7 Å². The molecule has 2 aliphatic rings. The van der Waals surface area contributed by atoms with Gasteiger partial charge in [-0.3, -0.25) is 0 Å². The van der Waals surface area contributed by atoms with Crippen molar-refractivity contribution in [3.63, 3.8) is 0 Å². The molecule has 1 aromatic rings. The van der Waals surface area contributed by atoms with Crippen molar-refractivity contribution in [2.24, 2.45) is 5.92 Å². The van der Waals surface area contributed by atoms with Gasteiger partial charge in [-0.05, 0) is 0 Å². The van der Waals surface area contributed by atoms with Crippen molar-refractivity contribution in [2.45, 2.75) is 95.0 Å². The Kier molecular flexibility index (Phi) is 12.3. The third kappa shape index (κ3) is 9.22. The molecule has 2 atom stereocenters. The first kappa shape index (κ1) is 30.3. The van der Waals surface area contributed by atoms with Crippen LogP contribution >= 0.6 is 19.9 Å². The van der Waals surface area contributed by atoms with Crippen molar-refractivity contribution in [1.29, 1.82) is 0 Å². The van der Waals surface area contributed by atoms with E-state index in [1.165, 1.54) is 0 Å². The van der Waals surface area contributed by atoms with E-state index < -0.39 is 43.9 Å². The number of nitrogens with one attached hydrogen (secondary N) is 2. The Balaban J connectivity index is 1.79. The molecule has 0 amide bonds. The van der Waals surface area contributed by atoms with Gasteiger partial charge in [-0.2, -0.15) is 0 Å². The van der Waals surface area contributed by atoms with E-state index in [1.807, 2.05) is 44.2 Å². The number of hydroxylamine groups is 1. The number of thioether (sulfide) groups is 1. The van der Waals surface area contributed by atoms with Gasteiger partial charge in [0.25, 0.3) is 0 Å². The second-order valence-corrected chi connectivity index (χ2v) is 12.7. The second kappa shape index (κ2) is 15.4. The van der Waals surface area contributed by atoms with E-state index >= 15 is 0 Å². The average molecular weight is 571 g/mol. The fourth-order valence-electron chi connectivity index (χ4n) is 4.57. The summed E-state index contributed by atoms with van der Waals surface area (Å²) >= 11 is 1.61. The monoisotopic (exact) mass is 570 g/mol. The number of carbonyl (C=O) groups excluding carboxylic acids is 4. The summed E-state index contributed by atoms with van der Waals surface area (Å²) in [5.41, 5.74) is 2.63. The van der Waals surface area contributed by atoms with Crippen molar-refractivity contribution >= 4 is 43.7 Å². The minimum atomic E-state index is -4.53. The van der Waals surface area contributed by atoms with Crippen LogP contribution in [0.4, 0.5) is 0 Å². The molecule has 0 radical (unpaired) electrons. The molecule has 0 spiro atoms. The molecule has 3 rings (SSSR count). The zero-order chi connectivity index (χ0) is 27.4. The molecule has 1 saturated carbocycles. The predicted molar refractivity (Wildman–Crippen MR) is 145 cm³/mol. The zero-order valence-corrected chi connectivity index (χ0v) is 23.9. The van der Waals surface area contributed by atoms with Crippen LogP contribution in [0, 0.1) is 5.92 Å². The predicted octanol–water partition coefficient (Wildman–Crippen LogP) is 4.78. The van der Waals surface area contributed by atoms with Crippen LogP contribution in [-0.2, 0) is 37.6 Å². The van der Waals surface area contributed by atoms with E-state index in [0.717, 1.165) is 30.6 Å². The van der Waals surface area contributed by atoms with Crippen molar-refractivity contribution in [2.75, 3.05) is 5.75 Å². The molecule has 2 N–H and O–H groups in total. The quantitative estimate of drug-likeness (QED) is 0.156. The fraction of sp³-hybridized carbons (Fsp3) is 0.615. The molecule has 1 heterocycles. The summed E-state index contributed by atoms with van der Waals surface area (Å²) in [7, 11) is -4.53. The molecular weight excluding hydrogens is 531 g/mol. The molecule has 10 nitrogen and oxygen atoms in total. The van der Waals surface area contributed by atoms with Crippen LogP contribution in [0.5, 0.6) is 0 Å². The summed E-state index contributed by atoms with van der Waals surface area (Å²) in [6.45, 7) is 3.92. The number of fused-ring (bicyclic) bond motifs is 1. The molecule has 1 saturated heterocycles. The molecule has 1 aromatic carbocycles. The molecule has 1 aliphatic heterocycles. The van der Waals surface area contributed by atoms with Gasteiger partial charge in [0.1, 0.15) is 0 Å². The molecule has 2 unspecified atom stereocenters. The Labute approximate surface area is 228 Å². The van der Waals surface area contributed by atoms with Crippen molar-refractivity contribution < 1.29 is 37.6 Å². The summed E-state index contributed by atoms with van der Waals surface area (Å²) in [4.78, 5) is 57.2. The van der Waals surface area contributed by atoms with Crippen LogP contribution < -0.4 is 10.6 Å². The van der Waals surface area contributed by atoms with E-state index in [0.29, 0.717) is 37.9 Å². The number of carbonyl (C=O) groups is 4. The van der Waals surface area contributed by atoms with Gasteiger partial charge in [0, 0.05) is 0 Å². The Bertz CT molecular complexity index is 946. The van der Waals surface area contributed by atoms with E-state index in [2.05, 4.69) is 10.6 Å². The Morgan fingerprint density at radius 2 is 1.71 bits per heavy atom. The number of rotatable bonds is 12. The topological polar surface area (TPSA) is 129 Å². The first-order valence-corrected chi connectivity index (χ1v) is 16.2. The summed E-state index contributed by atoms with van der Waals surface area (Å²) in [6.07, 6.45) is 6.18. The van der Waals surface area contributed by atoms with Gasteiger partial charge in [0.05, 0.1) is 0 Å². The summed E-state index contributed by atoms with van der Waals surface area (Å²) in [5.74, 6) is -3.75. The molecule has 212 valence electrons. The van der Waals surface area contributed by atoms with E-state index in [4.69, 9.17) is 18.4 Å². The second-order valence-electron chi connectivity index (χ2n) is 9.53. The SMILES string of the molecule is CCCC(CCC)C(=O)O[PH]1(OC(=O)CCCSc2ccccc2)NC2CCCCC2NOC(=O)C(=O)O1. The van der Waals surface area contributed by atoms with Crippen molar-refractivity contribution in [3.05, 3.63) is 30.3 Å². The van der Waals surface area contributed by atoms with Crippen molar-refractivity contribution in [3.8, 4) is 0 Å². The molecule has 12 heteroatoms. The van der Waals surface area contributed by atoms with Crippen LogP contribution in [0.1, 0.15) is 78.1 Å². The average Bonchev–Trinajstić information content (AvgIpc) is 2.95. The third-order valence-electron chi connectivity index (χ3n) is 6.45. The Morgan fingerprint density at radius 1 is 1.03 bits per heavy atom. The molecular formula is C26H39N2O8PS. The summed E-state index contributed by atoms with van der Waals surface area (Å²) in [6, 6.07) is 9.03.